The van der Waals surface area contributed by atoms with Crippen LogP contribution in [-0.2, 0) is 19.1 Å². The van der Waals surface area contributed by atoms with E-state index in [1.807, 2.05) is 0 Å². The van der Waals surface area contributed by atoms with Crippen LogP contribution in [0.5, 0.6) is 0 Å². The summed E-state index contributed by atoms with van der Waals surface area (Å²) < 4.78 is 24.0. The maximum absolute atomic E-state index is 15.3. The Balaban J connectivity index is 3.54. The highest BCUT2D eigenvalue weighted by Crippen LogP contribution is 2.38. The van der Waals surface area contributed by atoms with Crippen molar-refractivity contribution in [1.29, 1.82) is 0 Å². The molecule has 2 unspecified atom stereocenters. The first-order chi connectivity index (χ1) is 10.3. The van der Waals surface area contributed by atoms with Gasteiger partial charge in [0.25, 0.3) is 0 Å². The third-order valence-corrected chi connectivity index (χ3v) is 3.37. The van der Waals surface area contributed by atoms with E-state index in [9.17, 15) is 19.7 Å². The monoisotopic (exact) mass is 313 g/mol. The quantitative estimate of drug-likeness (QED) is 0.342. The molecule has 0 heterocycles. The summed E-state index contributed by atoms with van der Waals surface area (Å²) in [5.41, 5.74) is -3.21. The second-order valence-electron chi connectivity index (χ2n) is 4.61. The van der Waals surface area contributed by atoms with Gasteiger partial charge in [-0.05, 0) is 5.56 Å². The highest BCUT2D eigenvalue weighted by molar-refractivity contribution is 6.04. The first kappa shape index (κ1) is 17.5. The summed E-state index contributed by atoms with van der Waals surface area (Å²) in [5.74, 6) is -4.77. The SMILES string of the molecule is COC(=O)C(F)(C(=O)OC)C(c1ccccc1)C(C)[N+](=O)[O-]. The molecule has 0 bridgehead atoms. The van der Waals surface area contributed by atoms with Crippen LogP contribution in [0.3, 0.4) is 0 Å². The summed E-state index contributed by atoms with van der Waals surface area (Å²) in [4.78, 5) is 34.1. The van der Waals surface area contributed by atoms with Crippen LogP contribution in [-0.4, -0.2) is 42.8 Å². The first-order valence-electron chi connectivity index (χ1n) is 6.34. The molecule has 0 fully saturated rings. The highest BCUT2D eigenvalue weighted by Gasteiger charge is 2.61. The number of nitro groups is 1. The number of hydrogen-bond acceptors (Lipinski definition) is 6. The Morgan fingerprint density at radius 2 is 1.64 bits per heavy atom. The van der Waals surface area contributed by atoms with Crippen LogP contribution in [0.2, 0.25) is 0 Å². The molecular weight excluding hydrogens is 297 g/mol. The van der Waals surface area contributed by atoms with Crippen molar-refractivity contribution in [2.24, 2.45) is 0 Å². The van der Waals surface area contributed by atoms with Crippen LogP contribution in [0, 0.1) is 10.1 Å². The van der Waals surface area contributed by atoms with Crippen LogP contribution in [0.1, 0.15) is 18.4 Å². The lowest BCUT2D eigenvalue weighted by molar-refractivity contribution is -0.524. The Bertz CT molecular complexity index is 546. The Morgan fingerprint density at radius 1 is 1.18 bits per heavy atom. The van der Waals surface area contributed by atoms with Crippen molar-refractivity contribution in [3.05, 3.63) is 46.0 Å². The number of rotatable bonds is 6. The lowest BCUT2D eigenvalue weighted by atomic mass is 9.78. The van der Waals surface area contributed by atoms with E-state index in [0.29, 0.717) is 0 Å². The van der Waals surface area contributed by atoms with Gasteiger partial charge in [0.2, 0.25) is 6.04 Å². The van der Waals surface area contributed by atoms with E-state index >= 15 is 4.39 Å². The molecule has 0 aliphatic heterocycles. The topological polar surface area (TPSA) is 95.7 Å². The maximum atomic E-state index is 15.3. The number of alkyl halides is 1. The Kier molecular flexibility index (Phi) is 5.56. The van der Waals surface area contributed by atoms with Gasteiger partial charge < -0.3 is 9.47 Å². The smallest absolute Gasteiger partial charge is 0.356 e. The molecule has 0 spiro atoms. The fourth-order valence-electron chi connectivity index (χ4n) is 2.26. The number of esters is 2. The molecule has 0 amide bonds. The normalized spacial score (nSPS) is 13.8. The van der Waals surface area contributed by atoms with Gasteiger partial charge in [0.15, 0.2) is 0 Å². The van der Waals surface area contributed by atoms with E-state index in [2.05, 4.69) is 9.47 Å². The molecule has 0 saturated heterocycles. The van der Waals surface area contributed by atoms with Crippen molar-refractivity contribution in [3.63, 3.8) is 0 Å². The minimum absolute atomic E-state index is 0.116. The number of methoxy groups -OCH3 is 2. The fraction of sp³-hybridized carbons (Fsp3) is 0.429. The third kappa shape index (κ3) is 3.05. The molecule has 8 heteroatoms. The molecule has 7 nitrogen and oxygen atoms in total. The Morgan fingerprint density at radius 3 is 2.00 bits per heavy atom. The molecule has 0 N–H and O–H groups in total. The van der Waals surface area contributed by atoms with Crippen molar-refractivity contribution in [3.8, 4) is 0 Å². The van der Waals surface area contributed by atoms with Crippen molar-refractivity contribution >= 4 is 11.9 Å². The number of carbonyl (C=O) groups is 2. The predicted molar refractivity (Wildman–Crippen MR) is 73.5 cm³/mol. The zero-order valence-corrected chi connectivity index (χ0v) is 12.3. The lowest BCUT2D eigenvalue weighted by Gasteiger charge is -2.29. The average molecular weight is 313 g/mol. The largest absolute Gasteiger partial charge is 0.466 e. The number of carbonyl (C=O) groups excluding carboxylic acids is 2. The minimum atomic E-state index is -3.32. The van der Waals surface area contributed by atoms with Gasteiger partial charge in [0.1, 0.15) is 5.92 Å². The first-order valence-corrected chi connectivity index (χ1v) is 6.34. The van der Waals surface area contributed by atoms with E-state index in [-0.39, 0.29) is 5.56 Å². The molecule has 1 aromatic carbocycles. The summed E-state index contributed by atoms with van der Waals surface area (Å²) in [6, 6.07) is 5.88. The third-order valence-electron chi connectivity index (χ3n) is 3.37. The van der Waals surface area contributed by atoms with E-state index in [4.69, 9.17) is 0 Å². The molecule has 1 aromatic rings. The number of hydrogen-bond donors (Lipinski definition) is 0. The fourth-order valence-corrected chi connectivity index (χ4v) is 2.26. The number of ether oxygens (including phenoxy) is 2. The van der Waals surface area contributed by atoms with E-state index in [1.54, 1.807) is 6.07 Å². The van der Waals surface area contributed by atoms with Crippen LogP contribution >= 0.6 is 0 Å². The predicted octanol–water partition coefficient (Wildman–Crippen LogP) is 1.49. The molecule has 120 valence electrons. The zero-order chi connectivity index (χ0) is 16.9. The second kappa shape index (κ2) is 6.97. The summed E-state index contributed by atoms with van der Waals surface area (Å²) in [5, 5.41) is 11.1. The van der Waals surface area contributed by atoms with Crippen LogP contribution < -0.4 is 0 Å². The van der Waals surface area contributed by atoms with Gasteiger partial charge in [0.05, 0.1) is 14.2 Å². The molecule has 22 heavy (non-hydrogen) atoms. The van der Waals surface area contributed by atoms with Crippen LogP contribution in [0.4, 0.5) is 4.39 Å². The average Bonchev–Trinajstić information content (AvgIpc) is 2.53. The molecule has 0 saturated carbocycles. The molecule has 0 aliphatic carbocycles. The zero-order valence-electron chi connectivity index (χ0n) is 12.3. The number of halogens is 1. The Labute approximate surface area is 126 Å². The number of nitrogens with zero attached hydrogens (tertiary/aromatic N) is 1. The molecule has 0 radical (unpaired) electrons. The summed E-state index contributed by atoms with van der Waals surface area (Å²) >= 11 is 0. The molecular formula is C14H16FNO6. The standard InChI is InChI=1S/C14H16FNO6/c1-9(16(19)20)11(10-7-5-4-6-8-10)14(15,12(17)21-2)13(18)22-3/h4-9,11H,1-3H3. The number of benzene rings is 1. The van der Waals surface area contributed by atoms with Crippen LogP contribution in [0.15, 0.2) is 30.3 Å². The minimum Gasteiger partial charge on any atom is -0.466 e. The summed E-state index contributed by atoms with van der Waals surface area (Å²) in [6.45, 7) is 1.11. The second-order valence-corrected chi connectivity index (χ2v) is 4.61. The van der Waals surface area contributed by atoms with Crippen molar-refractivity contribution in [1.82, 2.24) is 0 Å². The van der Waals surface area contributed by atoms with Gasteiger partial charge >= 0.3 is 17.6 Å². The molecule has 0 aliphatic rings. The molecule has 1 rings (SSSR count). The highest BCUT2D eigenvalue weighted by atomic mass is 19.1. The van der Waals surface area contributed by atoms with Gasteiger partial charge in [-0.15, -0.1) is 0 Å². The van der Waals surface area contributed by atoms with Gasteiger partial charge in [-0.25, -0.2) is 14.0 Å². The van der Waals surface area contributed by atoms with Gasteiger partial charge in [-0.2, -0.15) is 0 Å². The van der Waals surface area contributed by atoms with Gasteiger partial charge in [0, 0.05) is 11.8 Å². The van der Waals surface area contributed by atoms with E-state index in [0.717, 1.165) is 21.1 Å². The van der Waals surface area contributed by atoms with Crippen LogP contribution in [0.25, 0.3) is 0 Å². The lowest BCUT2D eigenvalue weighted by Crippen LogP contribution is -2.53. The molecule has 2 atom stereocenters. The summed E-state index contributed by atoms with van der Waals surface area (Å²) in [6.07, 6.45) is 0. The van der Waals surface area contributed by atoms with Crippen molar-refractivity contribution in [2.75, 3.05) is 14.2 Å². The summed E-state index contributed by atoms with van der Waals surface area (Å²) in [7, 11) is 1.77. The van der Waals surface area contributed by atoms with Crippen molar-refractivity contribution in [2.45, 2.75) is 24.6 Å². The van der Waals surface area contributed by atoms with E-state index in [1.165, 1.54) is 24.3 Å². The van der Waals surface area contributed by atoms with Gasteiger partial charge in [-0.3, -0.25) is 10.1 Å². The van der Waals surface area contributed by atoms with Gasteiger partial charge in [-0.1, -0.05) is 30.3 Å². The van der Waals surface area contributed by atoms with E-state index < -0.39 is 34.5 Å². The Hall–Kier alpha value is -2.51. The maximum Gasteiger partial charge on any atom is 0.356 e. The molecule has 0 aromatic heterocycles. The van der Waals surface area contributed by atoms with Crippen molar-refractivity contribution < 1.29 is 28.4 Å².